The Morgan fingerprint density at radius 3 is 2.69 bits per heavy atom. The highest BCUT2D eigenvalue weighted by molar-refractivity contribution is 6.31. The predicted octanol–water partition coefficient (Wildman–Crippen LogP) is 2.32. The molecule has 3 nitrogen and oxygen atoms in total. The Balaban J connectivity index is 2.96. The fourth-order valence-corrected chi connectivity index (χ4v) is 1.60. The van der Waals surface area contributed by atoms with Gasteiger partial charge in [-0.2, -0.15) is 0 Å². The summed E-state index contributed by atoms with van der Waals surface area (Å²) in [4.78, 5) is 11.2. The van der Waals surface area contributed by atoms with Crippen molar-refractivity contribution in [3.63, 3.8) is 0 Å². The van der Waals surface area contributed by atoms with Crippen molar-refractivity contribution in [3.05, 3.63) is 34.6 Å². The minimum absolute atomic E-state index is 0.0863. The second kappa shape index (κ2) is 5.27. The van der Waals surface area contributed by atoms with Gasteiger partial charge in [-0.15, -0.1) is 0 Å². The molecule has 0 aromatic heterocycles. The molecule has 1 aromatic carbocycles. The van der Waals surface area contributed by atoms with Crippen LogP contribution >= 0.6 is 11.6 Å². The molecule has 0 fully saturated rings. The highest BCUT2D eigenvalue weighted by atomic mass is 35.5. The number of carbonyl (C=O) groups is 1. The summed E-state index contributed by atoms with van der Waals surface area (Å²) in [5, 5.41) is 9.94. The molecular weight excluding hydrogens is 235 g/mol. The van der Waals surface area contributed by atoms with E-state index in [-0.39, 0.29) is 5.02 Å². The lowest BCUT2D eigenvalue weighted by atomic mass is 9.97. The summed E-state index contributed by atoms with van der Waals surface area (Å²) >= 11 is 5.76. The van der Waals surface area contributed by atoms with E-state index in [9.17, 15) is 14.3 Å². The molecule has 0 saturated carbocycles. The number of hydrogen-bond donors (Lipinski definition) is 1. The van der Waals surface area contributed by atoms with Crippen LogP contribution in [0.1, 0.15) is 18.6 Å². The summed E-state index contributed by atoms with van der Waals surface area (Å²) < 4.78 is 17.3. The Bertz CT molecular complexity index is 395. The van der Waals surface area contributed by atoms with Crippen LogP contribution < -0.4 is 0 Å². The van der Waals surface area contributed by atoms with Crippen molar-refractivity contribution in [1.29, 1.82) is 0 Å². The lowest BCUT2D eigenvalue weighted by Crippen LogP contribution is -2.20. The highest BCUT2D eigenvalue weighted by Gasteiger charge is 2.25. The number of hydrogen-bond acceptors (Lipinski definition) is 3. The van der Waals surface area contributed by atoms with Crippen molar-refractivity contribution in [3.8, 4) is 0 Å². The number of ether oxygens (including phenoxy) is 1. The van der Waals surface area contributed by atoms with Crippen LogP contribution in [0.25, 0.3) is 0 Å². The number of aliphatic hydroxyl groups excluding tert-OH is 1. The Labute approximate surface area is 97.8 Å². The smallest absolute Gasteiger partial charge is 0.311 e. The van der Waals surface area contributed by atoms with E-state index in [1.807, 2.05) is 0 Å². The monoisotopic (exact) mass is 246 g/mol. The van der Waals surface area contributed by atoms with E-state index in [1.165, 1.54) is 26.2 Å². The zero-order valence-electron chi connectivity index (χ0n) is 8.91. The third-order valence-electron chi connectivity index (χ3n) is 2.33. The Hall–Kier alpha value is -1.13. The van der Waals surface area contributed by atoms with Crippen molar-refractivity contribution in [2.24, 2.45) is 5.92 Å². The van der Waals surface area contributed by atoms with Crippen molar-refractivity contribution >= 4 is 17.6 Å². The molecule has 0 saturated heterocycles. The van der Waals surface area contributed by atoms with Crippen molar-refractivity contribution in [2.45, 2.75) is 13.0 Å². The lowest BCUT2D eigenvalue weighted by molar-refractivity contribution is -0.148. The second-order valence-electron chi connectivity index (χ2n) is 3.42. The van der Waals surface area contributed by atoms with Crippen LogP contribution in [0.15, 0.2) is 18.2 Å². The van der Waals surface area contributed by atoms with Gasteiger partial charge in [0.15, 0.2) is 0 Å². The summed E-state index contributed by atoms with van der Waals surface area (Å²) in [7, 11) is 1.23. The van der Waals surface area contributed by atoms with Crippen LogP contribution in [0.5, 0.6) is 0 Å². The Morgan fingerprint density at radius 2 is 2.19 bits per heavy atom. The maximum Gasteiger partial charge on any atom is 0.311 e. The van der Waals surface area contributed by atoms with E-state index in [4.69, 9.17) is 11.6 Å². The van der Waals surface area contributed by atoms with E-state index < -0.39 is 23.8 Å². The standard InChI is InChI=1S/C11H12ClFO3/c1-6(11(15)16-2)10(14)8-4-3-7(13)5-9(8)12/h3-6,10,14H,1-2H3. The summed E-state index contributed by atoms with van der Waals surface area (Å²) in [6.07, 6.45) is -1.11. The van der Waals surface area contributed by atoms with Crippen molar-refractivity contribution in [1.82, 2.24) is 0 Å². The summed E-state index contributed by atoms with van der Waals surface area (Å²) in [6.45, 7) is 1.51. The van der Waals surface area contributed by atoms with Gasteiger partial charge >= 0.3 is 5.97 Å². The first-order valence-corrected chi connectivity index (χ1v) is 5.06. The first-order chi connectivity index (χ1) is 7.47. The molecular formula is C11H12ClFO3. The van der Waals surface area contributed by atoms with Gasteiger partial charge in [0.05, 0.1) is 19.1 Å². The molecule has 16 heavy (non-hydrogen) atoms. The molecule has 1 N–H and O–H groups in total. The zero-order chi connectivity index (χ0) is 12.3. The number of benzene rings is 1. The molecule has 2 unspecified atom stereocenters. The van der Waals surface area contributed by atoms with Gasteiger partial charge in [0.25, 0.3) is 0 Å². The third kappa shape index (κ3) is 2.71. The number of carbonyl (C=O) groups excluding carboxylic acids is 1. The molecule has 0 aliphatic heterocycles. The maximum absolute atomic E-state index is 12.8. The highest BCUT2D eigenvalue weighted by Crippen LogP contribution is 2.29. The number of esters is 1. The lowest BCUT2D eigenvalue weighted by Gasteiger charge is -2.18. The van der Waals surface area contributed by atoms with Gasteiger partial charge in [-0.05, 0) is 19.1 Å². The van der Waals surface area contributed by atoms with Gasteiger partial charge in [0.2, 0.25) is 0 Å². The normalized spacial score (nSPS) is 14.3. The maximum atomic E-state index is 12.8. The third-order valence-corrected chi connectivity index (χ3v) is 2.66. The van der Waals surface area contributed by atoms with Gasteiger partial charge in [-0.25, -0.2) is 4.39 Å². The predicted molar refractivity (Wildman–Crippen MR) is 57.5 cm³/mol. The molecule has 0 heterocycles. The zero-order valence-corrected chi connectivity index (χ0v) is 9.66. The fraction of sp³-hybridized carbons (Fsp3) is 0.364. The molecule has 88 valence electrons. The molecule has 0 spiro atoms. The van der Waals surface area contributed by atoms with Crippen molar-refractivity contribution in [2.75, 3.05) is 7.11 Å². The van der Waals surface area contributed by atoms with Crippen LogP contribution in [-0.2, 0) is 9.53 Å². The van der Waals surface area contributed by atoms with Gasteiger partial charge in [-0.3, -0.25) is 4.79 Å². The number of methoxy groups -OCH3 is 1. The van der Waals surface area contributed by atoms with Crippen LogP contribution in [-0.4, -0.2) is 18.2 Å². The Morgan fingerprint density at radius 1 is 1.56 bits per heavy atom. The number of rotatable bonds is 3. The van der Waals surface area contributed by atoms with Gasteiger partial charge < -0.3 is 9.84 Å². The van der Waals surface area contributed by atoms with Crippen molar-refractivity contribution < 1.29 is 19.0 Å². The average molecular weight is 247 g/mol. The van der Waals surface area contributed by atoms with Gasteiger partial charge in [0, 0.05) is 10.6 Å². The first-order valence-electron chi connectivity index (χ1n) is 4.68. The molecule has 0 bridgehead atoms. The SMILES string of the molecule is COC(=O)C(C)C(O)c1ccc(F)cc1Cl. The van der Waals surface area contributed by atoms with E-state index in [2.05, 4.69) is 4.74 Å². The summed E-state index contributed by atoms with van der Waals surface area (Å²) in [5.41, 5.74) is 0.306. The summed E-state index contributed by atoms with van der Waals surface area (Å²) in [5.74, 6) is -1.80. The van der Waals surface area contributed by atoms with E-state index in [1.54, 1.807) is 0 Å². The topological polar surface area (TPSA) is 46.5 Å². The van der Waals surface area contributed by atoms with E-state index in [0.717, 1.165) is 6.07 Å². The van der Waals surface area contributed by atoms with Gasteiger partial charge in [0.1, 0.15) is 5.82 Å². The summed E-state index contributed by atoms with van der Waals surface area (Å²) in [6, 6.07) is 3.61. The molecule has 0 radical (unpaired) electrons. The number of aliphatic hydroxyl groups is 1. The minimum Gasteiger partial charge on any atom is -0.469 e. The molecule has 1 aromatic rings. The largest absolute Gasteiger partial charge is 0.469 e. The van der Waals surface area contributed by atoms with Gasteiger partial charge in [-0.1, -0.05) is 17.7 Å². The van der Waals surface area contributed by atoms with Crippen LogP contribution in [0, 0.1) is 11.7 Å². The Kier molecular flexibility index (Phi) is 4.26. The van der Waals surface area contributed by atoms with E-state index in [0.29, 0.717) is 5.56 Å². The fourth-order valence-electron chi connectivity index (χ4n) is 1.33. The van der Waals surface area contributed by atoms with Crippen LogP contribution in [0.4, 0.5) is 4.39 Å². The molecule has 2 atom stereocenters. The minimum atomic E-state index is -1.11. The molecule has 0 aliphatic carbocycles. The average Bonchev–Trinajstić information content (AvgIpc) is 2.26. The quantitative estimate of drug-likeness (QED) is 0.833. The van der Waals surface area contributed by atoms with Crippen LogP contribution in [0.2, 0.25) is 5.02 Å². The van der Waals surface area contributed by atoms with Crippen LogP contribution in [0.3, 0.4) is 0 Å². The molecule has 0 aliphatic rings. The second-order valence-corrected chi connectivity index (χ2v) is 3.83. The van der Waals surface area contributed by atoms with E-state index >= 15 is 0 Å². The molecule has 0 amide bonds. The molecule has 5 heteroatoms. The number of halogens is 2. The first kappa shape index (κ1) is 12.9. The molecule has 1 rings (SSSR count).